The maximum atomic E-state index is 5.48. The highest BCUT2D eigenvalue weighted by Gasteiger charge is 2.29. The average Bonchev–Trinajstić information content (AvgIpc) is 2.07. The van der Waals surface area contributed by atoms with Crippen molar-refractivity contribution in [2.75, 3.05) is 32.8 Å². The van der Waals surface area contributed by atoms with Crippen LogP contribution in [0.3, 0.4) is 0 Å². The van der Waals surface area contributed by atoms with Gasteiger partial charge in [0.1, 0.15) is 0 Å². The Bertz CT molecular complexity index is 169. The van der Waals surface area contributed by atoms with Gasteiger partial charge in [-0.2, -0.15) is 0 Å². The van der Waals surface area contributed by atoms with Crippen molar-refractivity contribution in [2.24, 2.45) is 0 Å². The molecule has 0 aromatic heterocycles. The Morgan fingerprint density at radius 3 is 2.71 bits per heavy atom. The van der Waals surface area contributed by atoms with Crippen molar-refractivity contribution in [3.8, 4) is 0 Å². The molecule has 0 atom stereocenters. The molecule has 1 N–H and O–H groups in total. The normalized spacial score (nSPS) is 22.9. The third-order valence-corrected chi connectivity index (χ3v) is 2.75. The van der Waals surface area contributed by atoms with Crippen molar-refractivity contribution >= 4 is 0 Å². The largest absolute Gasteiger partial charge is 0.378 e. The highest BCUT2D eigenvalue weighted by molar-refractivity contribution is 4.84. The molecule has 1 rings (SSSR count). The topological polar surface area (TPSA) is 24.5 Å². The summed E-state index contributed by atoms with van der Waals surface area (Å²) in [5, 5.41) is 3.45. The second-order valence-electron chi connectivity index (χ2n) is 4.96. The molecule has 14 heavy (non-hydrogen) atoms. The van der Waals surface area contributed by atoms with Gasteiger partial charge in [0.05, 0.1) is 13.2 Å². The Morgan fingerprint density at radius 1 is 1.43 bits per heavy atom. The summed E-state index contributed by atoms with van der Waals surface area (Å²) in [6.07, 6.45) is 0. The summed E-state index contributed by atoms with van der Waals surface area (Å²) in [7, 11) is 0. The van der Waals surface area contributed by atoms with E-state index in [4.69, 9.17) is 4.74 Å². The average molecular weight is 200 g/mol. The molecule has 0 amide bonds. The summed E-state index contributed by atoms with van der Waals surface area (Å²) in [4.78, 5) is 2.51. The van der Waals surface area contributed by atoms with Gasteiger partial charge in [-0.15, -0.1) is 0 Å². The monoisotopic (exact) mass is 200 g/mol. The Balaban J connectivity index is 2.27. The lowest BCUT2D eigenvalue weighted by Crippen LogP contribution is -2.54. The van der Waals surface area contributed by atoms with E-state index < -0.39 is 0 Å². The van der Waals surface area contributed by atoms with Crippen molar-refractivity contribution < 1.29 is 4.74 Å². The number of morpholine rings is 1. The van der Waals surface area contributed by atoms with E-state index in [1.54, 1.807) is 0 Å². The quantitative estimate of drug-likeness (QED) is 0.735. The summed E-state index contributed by atoms with van der Waals surface area (Å²) >= 11 is 0. The van der Waals surface area contributed by atoms with Gasteiger partial charge < -0.3 is 10.1 Å². The Labute approximate surface area is 87.8 Å². The summed E-state index contributed by atoms with van der Waals surface area (Å²) in [5.41, 5.74) is 0.205. The molecular weight excluding hydrogens is 176 g/mol. The van der Waals surface area contributed by atoms with E-state index in [2.05, 4.69) is 37.9 Å². The molecular formula is C11H24N2O. The van der Waals surface area contributed by atoms with Crippen LogP contribution in [-0.4, -0.2) is 49.3 Å². The van der Waals surface area contributed by atoms with Crippen LogP contribution in [0.1, 0.15) is 27.7 Å². The minimum Gasteiger partial charge on any atom is -0.378 e. The summed E-state index contributed by atoms with van der Waals surface area (Å²) in [6.45, 7) is 13.9. The molecule has 0 aromatic carbocycles. The molecule has 0 unspecified atom stereocenters. The van der Waals surface area contributed by atoms with E-state index in [1.807, 2.05) is 0 Å². The van der Waals surface area contributed by atoms with Gasteiger partial charge in [-0.3, -0.25) is 4.90 Å². The van der Waals surface area contributed by atoms with E-state index in [0.717, 1.165) is 32.8 Å². The van der Waals surface area contributed by atoms with Crippen LogP contribution in [0.5, 0.6) is 0 Å². The number of ether oxygens (including phenoxy) is 1. The van der Waals surface area contributed by atoms with E-state index in [-0.39, 0.29) is 5.54 Å². The first-order valence-corrected chi connectivity index (χ1v) is 5.58. The summed E-state index contributed by atoms with van der Waals surface area (Å²) < 4.78 is 5.48. The first-order valence-electron chi connectivity index (χ1n) is 5.58. The fraction of sp³-hybridized carbons (Fsp3) is 1.00. The van der Waals surface area contributed by atoms with Gasteiger partial charge >= 0.3 is 0 Å². The molecule has 3 nitrogen and oxygen atoms in total. The molecule has 0 radical (unpaired) electrons. The lowest BCUT2D eigenvalue weighted by atomic mass is 10.0. The van der Waals surface area contributed by atoms with Crippen LogP contribution in [0, 0.1) is 0 Å². The second-order valence-corrected chi connectivity index (χ2v) is 4.96. The highest BCUT2D eigenvalue weighted by atomic mass is 16.5. The van der Waals surface area contributed by atoms with Crippen molar-refractivity contribution in [3.05, 3.63) is 0 Å². The highest BCUT2D eigenvalue weighted by Crippen LogP contribution is 2.17. The summed E-state index contributed by atoms with van der Waals surface area (Å²) in [5.74, 6) is 0. The number of hydrogen-bond acceptors (Lipinski definition) is 3. The van der Waals surface area contributed by atoms with Crippen LogP contribution in [0.15, 0.2) is 0 Å². The Kier molecular flexibility index (Phi) is 4.35. The molecule has 1 aliphatic rings. The molecule has 0 saturated carbocycles. The van der Waals surface area contributed by atoms with Crippen LogP contribution in [0.2, 0.25) is 0 Å². The lowest BCUT2D eigenvalue weighted by molar-refractivity contribution is -0.0501. The molecule has 1 fully saturated rings. The van der Waals surface area contributed by atoms with Gasteiger partial charge in [-0.25, -0.2) is 0 Å². The lowest BCUT2D eigenvalue weighted by Gasteiger charge is -2.42. The molecule has 84 valence electrons. The third-order valence-electron chi connectivity index (χ3n) is 2.75. The van der Waals surface area contributed by atoms with Gasteiger partial charge in [0.25, 0.3) is 0 Å². The number of rotatable bonds is 4. The maximum absolute atomic E-state index is 5.48. The Hall–Kier alpha value is -0.120. The Morgan fingerprint density at radius 2 is 2.14 bits per heavy atom. The molecule has 3 heteroatoms. The standard InChI is InChI=1S/C11H24N2O/c1-10(2)12-5-6-13-7-8-14-9-11(13,3)4/h10,12H,5-9H2,1-4H3. The van der Waals surface area contributed by atoms with Crippen molar-refractivity contribution in [1.29, 1.82) is 0 Å². The molecule has 0 aromatic rings. The van der Waals surface area contributed by atoms with Gasteiger partial charge in [0.2, 0.25) is 0 Å². The van der Waals surface area contributed by atoms with Crippen LogP contribution in [-0.2, 0) is 4.74 Å². The van der Waals surface area contributed by atoms with E-state index in [1.165, 1.54) is 0 Å². The molecule has 0 spiro atoms. The van der Waals surface area contributed by atoms with Crippen LogP contribution >= 0.6 is 0 Å². The molecule has 0 bridgehead atoms. The minimum atomic E-state index is 0.205. The van der Waals surface area contributed by atoms with E-state index in [9.17, 15) is 0 Å². The zero-order chi connectivity index (χ0) is 10.6. The zero-order valence-electron chi connectivity index (χ0n) is 9.97. The van der Waals surface area contributed by atoms with Gasteiger partial charge in [0.15, 0.2) is 0 Å². The molecule has 0 aliphatic carbocycles. The predicted octanol–water partition coefficient (Wildman–Crippen LogP) is 1.10. The third kappa shape index (κ3) is 3.56. The number of hydrogen-bond donors (Lipinski definition) is 1. The zero-order valence-corrected chi connectivity index (χ0v) is 9.97. The second kappa shape index (κ2) is 5.10. The number of nitrogens with zero attached hydrogens (tertiary/aromatic N) is 1. The smallest absolute Gasteiger partial charge is 0.0645 e. The van der Waals surface area contributed by atoms with Crippen molar-refractivity contribution in [3.63, 3.8) is 0 Å². The van der Waals surface area contributed by atoms with Crippen molar-refractivity contribution in [2.45, 2.75) is 39.3 Å². The number of nitrogens with one attached hydrogen (secondary N) is 1. The molecule has 1 heterocycles. The molecule has 1 aliphatic heterocycles. The fourth-order valence-corrected chi connectivity index (χ4v) is 1.79. The van der Waals surface area contributed by atoms with Gasteiger partial charge in [-0.1, -0.05) is 13.8 Å². The first-order chi connectivity index (χ1) is 6.52. The van der Waals surface area contributed by atoms with E-state index in [0.29, 0.717) is 6.04 Å². The van der Waals surface area contributed by atoms with Crippen molar-refractivity contribution in [1.82, 2.24) is 10.2 Å². The first kappa shape index (κ1) is 12.0. The van der Waals surface area contributed by atoms with Crippen LogP contribution < -0.4 is 5.32 Å². The SMILES string of the molecule is CC(C)NCCN1CCOCC1(C)C. The maximum Gasteiger partial charge on any atom is 0.0645 e. The fourth-order valence-electron chi connectivity index (χ4n) is 1.79. The predicted molar refractivity (Wildman–Crippen MR) is 59.6 cm³/mol. The van der Waals surface area contributed by atoms with Crippen LogP contribution in [0.25, 0.3) is 0 Å². The van der Waals surface area contributed by atoms with Gasteiger partial charge in [-0.05, 0) is 13.8 Å². The van der Waals surface area contributed by atoms with Crippen LogP contribution in [0.4, 0.5) is 0 Å². The minimum absolute atomic E-state index is 0.205. The van der Waals surface area contributed by atoms with E-state index >= 15 is 0 Å². The molecule has 1 saturated heterocycles. The van der Waals surface area contributed by atoms with Gasteiger partial charge in [0, 0.05) is 31.2 Å². The summed E-state index contributed by atoms with van der Waals surface area (Å²) in [6, 6.07) is 0.583.